The molecule has 0 fully saturated rings. The quantitative estimate of drug-likeness (QED) is 0.514. The van der Waals surface area contributed by atoms with E-state index in [0.29, 0.717) is 0 Å². The first kappa shape index (κ1) is 16.9. The van der Waals surface area contributed by atoms with Crippen molar-refractivity contribution in [2.45, 2.75) is 6.42 Å². The van der Waals surface area contributed by atoms with Gasteiger partial charge in [-0.3, -0.25) is 0 Å². The molecule has 0 aromatic heterocycles. The third kappa shape index (κ3) is 3.43. The molecule has 0 saturated heterocycles. The molecule has 3 rings (SSSR count). The summed E-state index contributed by atoms with van der Waals surface area (Å²) in [6.07, 6.45) is 2.36. The smallest absolute Gasteiger partial charge is 0.112 e. The van der Waals surface area contributed by atoms with Crippen LogP contribution < -0.4 is 21.2 Å². The van der Waals surface area contributed by atoms with Crippen molar-refractivity contribution in [3.63, 3.8) is 0 Å². The van der Waals surface area contributed by atoms with Gasteiger partial charge in [-0.25, -0.2) is 0 Å². The normalized spacial score (nSPS) is 11.4. The maximum atomic E-state index is 3.31. The van der Waals surface area contributed by atoms with E-state index in [4.69, 9.17) is 0 Å². The average Bonchev–Trinajstić information content (AvgIpc) is 2.68. The molecule has 0 radical (unpaired) electrons. The minimum absolute atomic E-state index is 1.05. The number of benzene rings is 3. The molecule has 0 spiro atoms. The number of hydrogen-bond donors (Lipinski definition) is 1. The summed E-state index contributed by atoms with van der Waals surface area (Å²) in [5.74, 6) is 0. The molecule has 0 aliphatic carbocycles. The Labute approximate surface area is 146 Å². The van der Waals surface area contributed by atoms with Gasteiger partial charge in [0.25, 0.3) is 0 Å². The van der Waals surface area contributed by atoms with Crippen molar-refractivity contribution in [2.24, 2.45) is 0 Å². The van der Waals surface area contributed by atoms with E-state index in [2.05, 4.69) is 96.3 Å². The minimum atomic E-state index is -1.62. The minimum Gasteiger partial charge on any atom is -0.320 e. The van der Waals surface area contributed by atoms with Crippen LogP contribution >= 0.6 is 7.26 Å². The van der Waals surface area contributed by atoms with Gasteiger partial charge in [0.15, 0.2) is 0 Å². The zero-order valence-corrected chi connectivity index (χ0v) is 15.1. The molecule has 0 aliphatic rings. The topological polar surface area (TPSA) is 12.0 Å². The van der Waals surface area contributed by atoms with Crippen molar-refractivity contribution in [2.75, 3.05) is 19.8 Å². The highest BCUT2D eigenvalue weighted by atomic mass is 31.2. The first-order valence-corrected chi connectivity index (χ1v) is 10.5. The van der Waals surface area contributed by atoms with Gasteiger partial charge in [0.1, 0.15) is 23.2 Å². The first-order valence-electron chi connectivity index (χ1n) is 8.57. The van der Waals surface area contributed by atoms with Crippen LogP contribution in [-0.4, -0.2) is 19.8 Å². The predicted octanol–water partition coefficient (Wildman–Crippen LogP) is 3.59. The van der Waals surface area contributed by atoms with Crippen molar-refractivity contribution < 1.29 is 0 Å². The Morgan fingerprint density at radius 1 is 0.625 bits per heavy atom. The lowest BCUT2D eigenvalue weighted by Crippen LogP contribution is -2.34. The van der Waals surface area contributed by atoms with Crippen LogP contribution in [0.15, 0.2) is 91.0 Å². The third-order valence-electron chi connectivity index (χ3n) is 4.51. The maximum absolute atomic E-state index is 3.31. The predicted molar refractivity (Wildman–Crippen MR) is 109 cm³/mol. The molecule has 1 N–H and O–H groups in total. The highest BCUT2D eigenvalue weighted by Crippen LogP contribution is 2.55. The monoisotopic (exact) mass is 334 g/mol. The summed E-state index contributed by atoms with van der Waals surface area (Å²) in [6.45, 7) is 1.05. The Hall–Kier alpha value is -1.95. The van der Waals surface area contributed by atoms with Crippen molar-refractivity contribution in [1.29, 1.82) is 0 Å². The van der Waals surface area contributed by atoms with Crippen molar-refractivity contribution in [1.82, 2.24) is 5.32 Å². The molecule has 3 aromatic rings. The van der Waals surface area contributed by atoms with Gasteiger partial charge in [0.2, 0.25) is 0 Å². The van der Waals surface area contributed by atoms with E-state index in [0.717, 1.165) is 6.54 Å². The molecule has 122 valence electrons. The zero-order chi connectivity index (χ0) is 16.7. The number of rotatable bonds is 7. The fourth-order valence-electron chi connectivity index (χ4n) is 3.37. The SMILES string of the molecule is CNCCC[P+](c1ccccc1)(c1ccccc1)c1ccccc1. The van der Waals surface area contributed by atoms with E-state index in [1.807, 2.05) is 7.05 Å². The van der Waals surface area contributed by atoms with Gasteiger partial charge in [-0.05, 0) is 56.4 Å². The van der Waals surface area contributed by atoms with Crippen LogP contribution in [0.2, 0.25) is 0 Å². The summed E-state index contributed by atoms with van der Waals surface area (Å²) in [5, 5.41) is 7.72. The Morgan fingerprint density at radius 3 is 1.33 bits per heavy atom. The Kier molecular flexibility index (Phi) is 5.80. The zero-order valence-electron chi connectivity index (χ0n) is 14.2. The molecule has 3 aromatic carbocycles. The molecule has 24 heavy (non-hydrogen) atoms. The van der Waals surface area contributed by atoms with Crippen molar-refractivity contribution in [3.05, 3.63) is 91.0 Å². The van der Waals surface area contributed by atoms with Gasteiger partial charge in [0.05, 0.1) is 6.16 Å². The van der Waals surface area contributed by atoms with Crippen LogP contribution in [0.3, 0.4) is 0 Å². The number of hydrogen-bond acceptors (Lipinski definition) is 1. The van der Waals surface area contributed by atoms with Gasteiger partial charge in [0, 0.05) is 0 Å². The fraction of sp³-hybridized carbons (Fsp3) is 0.182. The van der Waals surface area contributed by atoms with Crippen molar-refractivity contribution >= 4 is 23.2 Å². The Morgan fingerprint density at radius 2 is 1.00 bits per heavy atom. The third-order valence-corrected chi connectivity index (χ3v) is 9.04. The van der Waals surface area contributed by atoms with E-state index in [1.54, 1.807) is 0 Å². The molecule has 0 aliphatic heterocycles. The summed E-state index contributed by atoms with van der Waals surface area (Å²) in [6, 6.07) is 33.3. The standard InChI is InChI=1S/C22H25NP/c1-23-18-11-19-24(20-12-5-2-6-13-20,21-14-7-3-8-15-21)22-16-9-4-10-17-22/h2-10,12-17,23H,11,18-19H2,1H3/q+1. The van der Waals surface area contributed by atoms with E-state index >= 15 is 0 Å². The summed E-state index contributed by atoms with van der Waals surface area (Å²) < 4.78 is 0. The lowest BCUT2D eigenvalue weighted by atomic mass is 10.3. The van der Waals surface area contributed by atoms with Gasteiger partial charge in [-0.15, -0.1) is 0 Å². The van der Waals surface area contributed by atoms with Gasteiger partial charge in [-0.2, -0.15) is 0 Å². The van der Waals surface area contributed by atoms with Crippen molar-refractivity contribution in [3.8, 4) is 0 Å². The van der Waals surface area contributed by atoms with Crippen LogP contribution in [0.25, 0.3) is 0 Å². The van der Waals surface area contributed by atoms with Crippen LogP contribution in [-0.2, 0) is 0 Å². The molecule has 1 nitrogen and oxygen atoms in total. The van der Waals surface area contributed by atoms with Crippen LogP contribution in [0.1, 0.15) is 6.42 Å². The second-order valence-electron chi connectivity index (χ2n) is 6.00. The van der Waals surface area contributed by atoms with Crippen LogP contribution in [0.4, 0.5) is 0 Å². The van der Waals surface area contributed by atoms with Crippen LogP contribution in [0.5, 0.6) is 0 Å². The lowest BCUT2D eigenvalue weighted by Gasteiger charge is -2.27. The molecule has 0 amide bonds. The first-order chi connectivity index (χ1) is 11.9. The highest BCUT2D eigenvalue weighted by Gasteiger charge is 2.44. The fourth-order valence-corrected chi connectivity index (χ4v) is 7.72. The van der Waals surface area contributed by atoms with Gasteiger partial charge in [-0.1, -0.05) is 54.6 Å². The maximum Gasteiger partial charge on any atom is 0.112 e. The van der Waals surface area contributed by atoms with Crippen LogP contribution in [0, 0.1) is 0 Å². The molecule has 0 heterocycles. The molecule has 2 heteroatoms. The Balaban J connectivity index is 2.20. The van der Waals surface area contributed by atoms with E-state index < -0.39 is 7.26 Å². The van der Waals surface area contributed by atoms with E-state index in [-0.39, 0.29) is 0 Å². The lowest BCUT2D eigenvalue weighted by molar-refractivity contribution is 0.776. The van der Waals surface area contributed by atoms with Gasteiger partial charge < -0.3 is 5.32 Å². The second kappa shape index (κ2) is 8.24. The summed E-state index contributed by atoms with van der Waals surface area (Å²) in [7, 11) is 0.412. The molecular weight excluding hydrogens is 309 g/mol. The molecule has 0 atom stereocenters. The molecule has 0 unspecified atom stereocenters. The van der Waals surface area contributed by atoms with E-state index in [9.17, 15) is 0 Å². The second-order valence-corrected chi connectivity index (χ2v) is 9.61. The molecule has 0 saturated carbocycles. The number of nitrogens with one attached hydrogen (secondary N) is 1. The molecular formula is C22H25NP+. The summed E-state index contributed by atoms with van der Waals surface area (Å²) >= 11 is 0. The molecule has 0 bridgehead atoms. The van der Waals surface area contributed by atoms with E-state index in [1.165, 1.54) is 28.5 Å². The summed E-state index contributed by atoms with van der Waals surface area (Å²) in [5.41, 5.74) is 0. The van der Waals surface area contributed by atoms with Gasteiger partial charge >= 0.3 is 0 Å². The Bertz CT molecular complexity index is 629. The highest BCUT2D eigenvalue weighted by molar-refractivity contribution is 7.95. The summed E-state index contributed by atoms with van der Waals surface area (Å²) in [4.78, 5) is 0. The average molecular weight is 334 g/mol. The largest absolute Gasteiger partial charge is 0.320 e.